The molecule has 168 valence electrons. The van der Waals surface area contributed by atoms with Gasteiger partial charge < -0.3 is 19.7 Å². The van der Waals surface area contributed by atoms with Crippen molar-refractivity contribution in [3.05, 3.63) is 29.8 Å². The van der Waals surface area contributed by atoms with Crippen molar-refractivity contribution in [3.63, 3.8) is 0 Å². The number of ether oxygens (including phenoxy) is 2. The number of carbonyl (C=O) groups is 2. The summed E-state index contributed by atoms with van der Waals surface area (Å²) in [6.45, 7) is 0.923. The second kappa shape index (κ2) is 11.2. The highest BCUT2D eigenvalue weighted by Crippen LogP contribution is 2.40. The maximum atomic E-state index is 12.9. The number of halogens is 3. The molecule has 2 amide bonds. The quantitative estimate of drug-likeness (QED) is 0.578. The fourth-order valence-electron chi connectivity index (χ4n) is 3.68. The number of alkyl halides is 3. The second-order valence-corrected chi connectivity index (χ2v) is 7.23. The Bertz CT molecular complexity index is 712. The number of likely N-dealkylation sites (tertiary alicyclic amines) is 1. The number of unbranched alkanes of at least 4 members (excludes halogenated alkanes) is 1. The summed E-state index contributed by atoms with van der Waals surface area (Å²) in [5.74, 6) is -0.268. The Hall–Kier alpha value is -2.29. The predicted molar refractivity (Wildman–Crippen MR) is 105 cm³/mol. The summed E-state index contributed by atoms with van der Waals surface area (Å²) < 4.78 is 46.5. The normalized spacial score (nSPS) is 19.6. The zero-order chi connectivity index (χ0) is 22.1. The van der Waals surface area contributed by atoms with E-state index in [4.69, 9.17) is 4.74 Å². The molecule has 1 aliphatic rings. The van der Waals surface area contributed by atoms with Gasteiger partial charge in [0, 0.05) is 25.1 Å². The molecule has 1 fully saturated rings. The molecule has 0 saturated carbocycles. The van der Waals surface area contributed by atoms with E-state index < -0.39 is 24.7 Å². The SMILES string of the molecule is CCCCN1C(=O)CCC(C(=O)NCCOCC(F)(F)F)C1c1ccccc1OC. The lowest BCUT2D eigenvalue weighted by Gasteiger charge is -2.41. The highest BCUT2D eigenvalue weighted by atomic mass is 19.4. The van der Waals surface area contributed by atoms with E-state index in [1.165, 1.54) is 7.11 Å². The van der Waals surface area contributed by atoms with Crippen LogP contribution in [0.4, 0.5) is 13.2 Å². The van der Waals surface area contributed by atoms with E-state index in [9.17, 15) is 22.8 Å². The summed E-state index contributed by atoms with van der Waals surface area (Å²) in [6.07, 6.45) is -2.09. The van der Waals surface area contributed by atoms with Crippen molar-refractivity contribution in [3.8, 4) is 5.75 Å². The first-order valence-corrected chi connectivity index (χ1v) is 10.1. The highest BCUT2D eigenvalue weighted by Gasteiger charge is 2.41. The third-order valence-corrected chi connectivity index (χ3v) is 5.06. The maximum Gasteiger partial charge on any atom is 0.411 e. The van der Waals surface area contributed by atoms with Crippen LogP contribution in [0.1, 0.15) is 44.2 Å². The van der Waals surface area contributed by atoms with Gasteiger partial charge in [0.05, 0.1) is 25.7 Å². The van der Waals surface area contributed by atoms with Crippen molar-refractivity contribution in [1.82, 2.24) is 10.2 Å². The number of amides is 2. The number of benzene rings is 1. The molecule has 1 N–H and O–H groups in total. The van der Waals surface area contributed by atoms with Crippen LogP contribution in [0, 0.1) is 5.92 Å². The second-order valence-electron chi connectivity index (χ2n) is 7.23. The third kappa shape index (κ3) is 6.62. The Morgan fingerprint density at radius 1 is 1.30 bits per heavy atom. The van der Waals surface area contributed by atoms with Gasteiger partial charge >= 0.3 is 6.18 Å². The van der Waals surface area contributed by atoms with Crippen LogP contribution < -0.4 is 10.1 Å². The fraction of sp³-hybridized carbons (Fsp3) is 0.619. The molecule has 2 unspecified atom stereocenters. The standard InChI is InChI=1S/C21H29F3N2O4/c1-3-4-12-26-18(27)10-9-16(19(26)15-7-5-6-8-17(15)29-2)20(28)25-11-13-30-14-21(22,23)24/h5-8,16,19H,3-4,9-14H2,1-2H3,(H,25,28). The summed E-state index contributed by atoms with van der Waals surface area (Å²) in [7, 11) is 1.53. The number of methoxy groups -OCH3 is 1. The Morgan fingerprint density at radius 2 is 2.03 bits per heavy atom. The van der Waals surface area contributed by atoms with Crippen LogP contribution in [0.15, 0.2) is 24.3 Å². The monoisotopic (exact) mass is 430 g/mol. The summed E-state index contributed by atoms with van der Waals surface area (Å²) in [5.41, 5.74) is 0.748. The Morgan fingerprint density at radius 3 is 2.70 bits per heavy atom. The number of nitrogens with zero attached hydrogens (tertiary/aromatic N) is 1. The van der Waals surface area contributed by atoms with Crippen LogP contribution in [0.5, 0.6) is 5.75 Å². The topological polar surface area (TPSA) is 67.9 Å². The van der Waals surface area contributed by atoms with Crippen LogP contribution in [0.3, 0.4) is 0 Å². The van der Waals surface area contributed by atoms with Gasteiger partial charge in [-0.3, -0.25) is 9.59 Å². The molecule has 1 aliphatic heterocycles. The van der Waals surface area contributed by atoms with Gasteiger partial charge in [0.2, 0.25) is 11.8 Å². The number of piperidine rings is 1. The van der Waals surface area contributed by atoms with Crippen molar-refractivity contribution in [1.29, 1.82) is 0 Å². The van der Waals surface area contributed by atoms with E-state index in [0.717, 1.165) is 18.4 Å². The lowest BCUT2D eigenvalue weighted by molar-refractivity contribution is -0.173. The minimum absolute atomic E-state index is 0.0167. The molecule has 6 nitrogen and oxygen atoms in total. The van der Waals surface area contributed by atoms with Crippen LogP contribution >= 0.6 is 0 Å². The van der Waals surface area contributed by atoms with E-state index in [0.29, 0.717) is 18.7 Å². The van der Waals surface area contributed by atoms with Crippen LogP contribution in [-0.4, -0.2) is 56.3 Å². The first-order chi connectivity index (χ1) is 14.3. The summed E-state index contributed by atoms with van der Waals surface area (Å²) in [5, 5.41) is 2.66. The zero-order valence-electron chi connectivity index (χ0n) is 17.3. The van der Waals surface area contributed by atoms with Gasteiger partial charge in [-0.25, -0.2) is 0 Å². The van der Waals surface area contributed by atoms with E-state index in [2.05, 4.69) is 10.1 Å². The van der Waals surface area contributed by atoms with Crippen molar-refractivity contribution in [2.24, 2.45) is 5.92 Å². The summed E-state index contributed by atoms with van der Waals surface area (Å²) >= 11 is 0. The zero-order valence-corrected chi connectivity index (χ0v) is 17.3. The summed E-state index contributed by atoms with van der Waals surface area (Å²) in [6, 6.07) is 6.77. The van der Waals surface area contributed by atoms with E-state index in [1.807, 2.05) is 25.1 Å². The first kappa shape index (κ1) is 24.0. The molecule has 2 rings (SSSR count). The van der Waals surface area contributed by atoms with Gasteiger partial charge in [-0.05, 0) is 18.9 Å². The van der Waals surface area contributed by atoms with Gasteiger partial charge in [0.25, 0.3) is 0 Å². The molecule has 0 radical (unpaired) electrons. The van der Waals surface area contributed by atoms with E-state index in [1.54, 1.807) is 11.0 Å². The Balaban J connectivity index is 2.16. The molecule has 0 spiro atoms. The number of carbonyl (C=O) groups excluding carboxylic acids is 2. The summed E-state index contributed by atoms with van der Waals surface area (Å²) in [4.78, 5) is 27.3. The largest absolute Gasteiger partial charge is 0.496 e. The minimum atomic E-state index is -4.40. The molecule has 0 bridgehead atoms. The lowest BCUT2D eigenvalue weighted by Crippen LogP contribution is -2.48. The number of rotatable bonds is 10. The van der Waals surface area contributed by atoms with Gasteiger partial charge in [-0.1, -0.05) is 31.5 Å². The molecule has 0 aliphatic carbocycles. The molecule has 1 aromatic carbocycles. The number of hydrogen-bond acceptors (Lipinski definition) is 4. The fourth-order valence-corrected chi connectivity index (χ4v) is 3.68. The molecular formula is C21H29F3N2O4. The lowest BCUT2D eigenvalue weighted by atomic mass is 9.83. The molecule has 1 aromatic rings. The average Bonchev–Trinajstić information content (AvgIpc) is 2.71. The van der Waals surface area contributed by atoms with Gasteiger partial charge in [-0.15, -0.1) is 0 Å². The Labute approximate surface area is 174 Å². The first-order valence-electron chi connectivity index (χ1n) is 10.1. The van der Waals surface area contributed by atoms with Crippen molar-refractivity contribution in [2.45, 2.75) is 44.8 Å². The van der Waals surface area contributed by atoms with Gasteiger partial charge in [0.1, 0.15) is 12.4 Å². The molecule has 30 heavy (non-hydrogen) atoms. The molecule has 9 heteroatoms. The smallest absolute Gasteiger partial charge is 0.411 e. The minimum Gasteiger partial charge on any atom is -0.496 e. The average molecular weight is 430 g/mol. The molecular weight excluding hydrogens is 401 g/mol. The van der Waals surface area contributed by atoms with E-state index in [-0.39, 0.29) is 31.4 Å². The van der Waals surface area contributed by atoms with Crippen molar-refractivity contribution < 1.29 is 32.2 Å². The van der Waals surface area contributed by atoms with Crippen LogP contribution in [-0.2, 0) is 14.3 Å². The van der Waals surface area contributed by atoms with Crippen LogP contribution in [0.2, 0.25) is 0 Å². The number of para-hydroxylation sites is 1. The van der Waals surface area contributed by atoms with Gasteiger partial charge in [-0.2, -0.15) is 13.2 Å². The van der Waals surface area contributed by atoms with Crippen LogP contribution in [0.25, 0.3) is 0 Å². The molecule has 2 atom stereocenters. The Kier molecular flexibility index (Phi) is 8.95. The third-order valence-electron chi connectivity index (χ3n) is 5.06. The molecule has 1 heterocycles. The van der Waals surface area contributed by atoms with E-state index >= 15 is 0 Å². The number of nitrogens with one attached hydrogen (secondary N) is 1. The maximum absolute atomic E-state index is 12.9. The predicted octanol–water partition coefficient (Wildman–Crippen LogP) is 3.47. The van der Waals surface area contributed by atoms with Crippen molar-refractivity contribution >= 4 is 11.8 Å². The number of hydrogen-bond donors (Lipinski definition) is 1. The van der Waals surface area contributed by atoms with Crippen molar-refractivity contribution in [2.75, 3.05) is 33.4 Å². The van der Waals surface area contributed by atoms with Gasteiger partial charge in [0.15, 0.2) is 0 Å². The molecule has 0 aromatic heterocycles. The highest BCUT2D eigenvalue weighted by molar-refractivity contribution is 5.85. The molecule has 1 saturated heterocycles.